The van der Waals surface area contributed by atoms with Crippen molar-refractivity contribution in [3.05, 3.63) is 34.4 Å². The number of para-hydroxylation sites is 2. The van der Waals surface area contributed by atoms with Crippen molar-refractivity contribution in [1.82, 2.24) is 0 Å². The molecule has 0 saturated carbocycles. The highest BCUT2D eigenvalue weighted by molar-refractivity contribution is 8.13. The van der Waals surface area contributed by atoms with Crippen LogP contribution in [0.4, 0.5) is 5.69 Å². The van der Waals surface area contributed by atoms with Crippen molar-refractivity contribution >= 4 is 25.4 Å². The average molecular weight is 322 g/mol. The Morgan fingerprint density at radius 3 is 2.45 bits per heavy atom. The normalized spacial score (nSPS) is 11.2. The summed E-state index contributed by atoms with van der Waals surface area (Å²) < 4.78 is 26.7. The molecule has 0 aliphatic rings. The van der Waals surface area contributed by atoms with Gasteiger partial charge < -0.3 is 4.74 Å². The lowest BCUT2D eigenvalue weighted by atomic mass is 10.2. The Morgan fingerprint density at radius 1 is 1.15 bits per heavy atom. The van der Waals surface area contributed by atoms with Crippen LogP contribution in [-0.2, 0) is 9.05 Å². The molecule has 0 aliphatic heterocycles. The number of ether oxygens (including phenoxy) is 1. The molecular weight excluding hydrogens is 306 g/mol. The standard InChI is InChI=1S/C12H16ClNO5S/c13-20(17,18)10-6-2-1-5-9-19-12-8-4-3-7-11(12)14(15)16/h3-4,7-8H,1-2,5-6,9-10H2. The van der Waals surface area contributed by atoms with E-state index in [1.165, 1.54) is 6.07 Å². The second kappa shape index (κ2) is 8.06. The van der Waals surface area contributed by atoms with Gasteiger partial charge in [-0.15, -0.1) is 0 Å². The van der Waals surface area contributed by atoms with E-state index in [0.29, 0.717) is 19.4 Å². The molecule has 0 aromatic heterocycles. The van der Waals surface area contributed by atoms with E-state index in [9.17, 15) is 18.5 Å². The summed E-state index contributed by atoms with van der Waals surface area (Å²) >= 11 is 0. The Kier molecular flexibility index (Phi) is 6.74. The van der Waals surface area contributed by atoms with Crippen LogP contribution in [0.5, 0.6) is 5.75 Å². The number of halogens is 1. The van der Waals surface area contributed by atoms with Crippen molar-refractivity contribution in [2.24, 2.45) is 0 Å². The van der Waals surface area contributed by atoms with Crippen molar-refractivity contribution in [2.45, 2.75) is 25.7 Å². The van der Waals surface area contributed by atoms with E-state index in [1.54, 1.807) is 18.2 Å². The largest absolute Gasteiger partial charge is 0.487 e. The lowest BCUT2D eigenvalue weighted by molar-refractivity contribution is -0.385. The second-order valence-corrected chi connectivity index (χ2v) is 7.13. The minimum atomic E-state index is -3.41. The summed E-state index contributed by atoms with van der Waals surface area (Å²) in [5.41, 5.74) is -0.0549. The van der Waals surface area contributed by atoms with Crippen molar-refractivity contribution in [3.8, 4) is 5.75 Å². The van der Waals surface area contributed by atoms with E-state index in [0.717, 1.165) is 12.8 Å². The first kappa shape index (κ1) is 16.7. The van der Waals surface area contributed by atoms with Crippen LogP contribution < -0.4 is 4.74 Å². The number of benzene rings is 1. The lowest BCUT2D eigenvalue weighted by Gasteiger charge is -2.06. The topological polar surface area (TPSA) is 86.5 Å². The molecule has 0 amide bonds. The minimum absolute atomic E-state index is 0.0282. The summed E-state index contributed by atoms with van der Waals surface area (Å²) in [4.78, 5) is 10.3. The van der Waals surface area contributed by atoms with Crippen LogP contribution in [-0.4, -0.2) is 25.7 Å². The fraction of sp³-hybridized carbons (Fsp3) is 0.500. The van der Waals surface area contributed by atoms with Crippen molar-refractivity contribution in [3.63, 3.8) is 0 Å². The number of nitro groups is 1. The zero-order valence-electron chi connectivity index (χ0n) is 10.8. The molecule has 0 heterocycles. The second-order valence-electron chi connectivity index (χ2n) is 4.23. The number of rotatable bonds is 9. The third-order valence-corrected chi connectivity index (χ3v) is 3.84. The molecule has 1 aromatic rings. The molecule has 112 valence electrons. The third kappa shape index (κ3) is 6.72. The summed E-state index contributed by atoms with van der Waals surface area (Å²) in [7, 11) is 1.68. The van der Waals surface area contributed by atoms with Crippen molar-refractivity contribution in [2.75, 3.05) is 12.4 Å². The summed E-state index contributed by atoms with van der Waals surface area (Å²) in [6.07, 6.45) is 2.73. The van der Waals surface area contributed by atoms with Crippen molar-refractivity contribution in [1.29, 1.82) is 0 Å². The van der Waals surface area contributed by atoms with Crippen LogP contribution in [0.2, 0.25) is 0 Å². The van der Waals surface area contributed by atoms with Gasteiger partial charge in [-0.2, -0.15) is 0 Å². The average Bonchev–Trinajstić information content (AvgIpc) is 2.36. The molecule has 6 nitrogen and oxygen atoms in total. The highest BCUT2D eigenvalue weighted by Gasteiger charge is 2.13. The maximum Gasteiger partial charge on any atom is 0.310 e. The van der Waals surface area contributed by atoms with Gasteiger partial charge in [-0.05, 0) is 18.9 Å². The summed E-state index contributed by atoms with van der Waals surface area (Å²) in [6, 6.07) is 6.20. The number of nitrogens with zero attached hydrogens (tertiary/aromatic N) is 1. The summed E-state index contributed by atoms with van der Waals surface area (Å²) in [5, 5.41) is 10.7. The smallest absolute Gasteiger partial charge is 0.310 e. The van der Waals surface area contributed by atoms with Gasteiger partial charge in [0, 0.05) is 16.7 Å². The van der Waals surface area contributed by atoms with Gasteiger partial charge >= 0.3 is 5.69 Å². The Hall–Kier alpha value is -1.34. The first-order valence-electron chi connectivity index (χ1n) is 6.19. The fourth-order valence-electron chi connectivity index (χ4n) is 1.64. The maximum atomic E-state index is 10.7. The molecule has 1 rings (SSSR count). The molecule has 0 fully saturated rings. The van der Waals surface area contributed by atoms with Gasteiger partial charge in [-0.25, -0.2) is 8.42 Å². The van der Waals surface area contributed by atoms with Crippen LogP contribution in [0.3, 0.4) is 0 Å². The molecule has 20 heavy (non-hydrogen) atoms. The van der Waals surface area contributed by atoms with Gasteiger partial charge in [0.15, 0.2) is 5.75 Å². The monoisotopic (exact) mass is 321 g/mol. The van der Waals surface area contributed by atoms with Gasteiger partial charge in [0.25, 0.3) is 0 Å². The van der Waals surface area contributed by atoms with Gasteiger partial charge in [0.2, 0.25) is 9.05 Å². The van der Waals surface area contributed by atoms with E-state index >= 15 is 0 Å². The number of nitro benzene ring substituents is 1. The molecule has 0 saturated heterocycles. The molecule has 1 aromatic carbocycles. The predicted octanol–water partition coefficient (Wildman–Crippen LogP) is 3.10. The Balaban J connectivity index is 2.24. The quantitative estimate of drug-likeness (QED) is 0.302. The SMILES string of the molecule is O=[N+]([O-])c1ccccc1OCCCCCCS(=O)(=O)Cl. The van der Waals surface area contributed by atoms with Crippen molar-refractivity contribution < 1.29 is 18.1 Å². The Labute approximate surface area is 122 Å². The van der Waals surface area contributed by atoms with Gasteiger partial charge in [-0.1, -0.05) is 25.0 Å². The molecule has 0 spiro atoms. The zero-order chi connectivity index (χ0) is 15.0. The summed E-state index contributed by atoms with van der Waals surface area (Å²) in [5.74, 6) is 0.223. The Bertz CT molecular complexity index is 547. The molecule has 0 bridgehead atoms. The third-order valence-electron chi connectivity index (χ3n) is 2.60. The Morgan fingerprint density at radius 2 is 1.80 bits per heavy atom. The van der Waals surface area contributed by atoms with Crippen LogP contribution in [0.15, 0.2) is 24.3 Å². The predicted molar refractivity (Wildman–Crippen MR) is 76.7 cm³/mol. The van der Waals surface area contributed by atoms with Crippen LogP contribution in [0.1, 0.15) is 25.7 Å². The molecular formula is C12H16ClNO5S. The van der Waals surface area contributed by atoms with Crippen LogP contribution >= 0.6 is 10.7 Å². The van der Waals surface area contributed by atoms with E-state index in [2.05, 4.69) is 0 Å². The number of hydrogen-bond donors (Lipinski definition) is 0. The molecule has 0 radical (unpaired) electrons. The number of hydrogen-bond acceptors (Lipinski definition) is 5. The first-order chi connectivity index (χ1) is 9.40. The highest BCUT2D eigenvalue weighted by atomic mass is 35.7. The van der Waals surface area contributed by atoms with E-state index < -0.39 is 14.0 Å². The zero-order valence-corrected chi connectivity index (χ0v) is 12.4. The van der Waals surface area contributed by atoms with E-state index in [4.69, 9.17) is 15.4 Å². The maximum absolute atomic E-state index is 10.7. The van der Waals surface area contributed by atoms with E-state index in [-0.39, 0.29) is 17.2 Å². The van der Waals surface area contributed by atoms with Crippen LogP contribution in [0, 0.1) is 10.1 Å². The number of unbranched alkanes of at least 4 members (excludes halogenated alkanes) is 3. The summed E-state index contributed by atoms with van der Waals surface area (Å²) in [6.45, 7) is 0.360. The first-order valence-corrected chi connectivity index (χ1v) is 8.66. The van der Waals surface area contributed by atoms with Gasteiger partial charge in [0.05, 0.1) is 17.3 Å². The van der Waals surface area contributed by atoms with Gasteiger partial charge in [-0.3, -0.25) is 10.1 Å². The minimum Gasteiger partial charge on any atom is -0.487 e. The van der Waals surface area contributed by atoms with Crippen LogP contribution in [0.25, 0.3) is 0 Å². The van der Waals surface area contributed by atoms with Gasteiger partial charge in [0.1, 0.15) is 0 Å². The molecule has 0 atom stereocenters. The molecule has 8 heteroatoms. The lowest BCUT2D eigenvalue weighted by Crippen LogP contribution is -2.01. The molecule has 0 aliphatic carbocycles. The fourth-order valence-corrected chi connectivity index (χ4v) is 2.52. The highest BCUT2D eigenvalue weighted by Crippen LogP contribution is 2.25. The molecule has 0 N–H and O–H groups in total. The van der Waals surface area contributed by atoms with E-state index in [1.807, 2.05) is 0 Å². The molecule has 0 unspecified atom stereocenters.